The minimum atomic E-state index is -0.221. The largest absolute Gasteiger partial charge is 0.469 e. The van der Waals surface area contributed by atoms with Gasteiger partial charge in [0.1, 0.15) is 5.76 Å². The first-order valence-corrected chi connectivity index (χ1v) is 7.86. The molecule has 3 rings (SSSR count). The van der Waals surface area contributed by atoms with Crippen molar-refractivity contribution in [1.29, 1.82) is 0 Å². The molecule has 0 bridgehead atoms. The molecule has 112 valence electrons. The number of hydrogen-bond donors (Lipinski definition) is 0. The second-order valence-corrected chi connectivity index (χ2v) is 6.35. The SMILES string of the molecule is Cc1occc1-c1nnc(S[C@@H](C)C(=O)N2CCCC2)o1. The molecule has 0 N–H and O–H groups in total. The molecule has 2 aromatic heterocycles. The van der Waals surface area contributed by atoms with E-state index in [9.17, 15) is 4.79 Å². The lowest BCUT2D eigenvalue weighted by atomic mass is 10.3. The molecule has 1 amide bonds. The van der Waals surface area contributed by atoms with Crippen LogP contribution < -0.4 is 0 Å². The summed E-state index contributed by atoms with van der Waals surface area (Å²) in [6, 6.07) is 1.79. The number of aromatic nitrogens is 2. The zero-order valence-electron chi connectivity index (χ0n) is 12.0. The quantitative estimate of drug-likeness (QED) is 0.809. The highest BCUT2D eigenvalue weighted by atomic mass is 32.2. The first-order valence-electron chi connectivity index (χ1n) is 6.98. The number of carbonyl (C=O) groups excluding carboxylic acids is 1. The summed E-state index contributed by atoms with van der Waals surface area (Å²) in [5.74, 6) is 1.29. The van der Waals surface area contributed by atoms with Gasteiger partial charge in [0.2, 0.25) is 5.91 Å². The molecule has 0 saturated carbocycles. The van der Waals surface area contributed by atoms with Crippen molar-refractivity contribution in [2.75, 3.05) is 13.1 Å². The molecular weight excluding hydrogens is 290 g/mol. The average Bonchev–Trinajstić information content (AvgIpc) is 3.18. The lowest BCUT2D eigenvalue weighted by Crippen LogP contribution is -2.34. The molecule has 1 saturated heterocycles. The van der Waals surface area contributed by atoms with Crippen LogP contribution >= 0.6 is 11.8 Å². The second-order valence-electron chi connectivity index (χ2n) is 5.06. The van der Waals surface area contributed by atoms with Gasteiger partial charge in [0.15, 0.2) is 0 Å². The zero-order valence-corrected chi connectivity index (χ0v) is 12.9. The summed E-state index contributed by atoms with van der Waals surface area (Å²) in [5.41, 5.74) is 0.785. The van der Waals surface area contributed by atoms with Gasteiger partial charge in [-0.1, -0.05) is 11.8 Å². The monoisotopic (exact) mass is 307 g/mol. The highest BCUT2D eigenvalue weighted by Gasteiger charge is 2.25. The molecule has 1 atom stereocenters. The van der Waals surface area contributed by atoms with Gasteiger partial charge in [-0.2, -0.15) is 0 Å². The molecule has 1 fully saturated rings. The number of amides is 1. The Bertz CT molecular complexity index is 631. The maximum Gasteiger partial charge on any atom is 0.277 e. The van der Waals surface area contributed by atoms with Gasteiger partial charge in [-0.3, -0.25) is 4.79 Å². The van der Waals surface area contributed by atoms with Crippen LogP contribution in [0.5, 0.6) is 0 Å². The van der Waals surface area contributed by atoms with Crippen LogP contribution in [0.25, 0.3) is 11.5 Å². The van der Waals surface area contributed by atoms with Gasteiger partial charge in [-0.15, -0.1) is 10.2 Å². The van der Waals surface area contributed by atoms with Gasteiger partial charge < -0.3 is 13.7 Å². The molecule has 1 aliphatic rings. The molecule has 0 aliphatic carbocycles. The van der Waals surface area contributed by atoms with Crippen LogP contribution in [0.3, 0.4) is 0 Å². The van der Waals surface area contributed by atoms with Crippen molar-refractivity contribution in [3.05, 3.63) is 18.1 Å². The molecule has 0 radical (unpaired) electrons. The highest BCUT2D eigenvalue weighted by Crippen LogP contribution is 2.29. The Morgan fingerprint density at radius 1 is 1.38 bits per heavy atom. The van der Waals surface area contributed by atoms with Gasteiger partial charge in [0, 0.05) is 13.1 Å². The maximum atomic E-state index is 12.2. The number of nitrogens with zero attached hydrogens (tertiary/aromatic N) is 3. The topological polar surface area (TPSA) is 72.4 Å². The van der Waals surface area contributed by atoms with E-state index in [0.717, 1.165) is 37.3 Å². The average molecular weight is 307 g/mol. The van der Waals surface area contributed by atoms with Crippen molar-refractivity contribution in [1.82, 2.24) is 15.1 Å². The van der Waals surface area contributed by atoms with Gasteiger partial charge in [-0.05, 0) is 32.8 Å². The van der Waals surface area contributed by atoms with Gasteiger partial charge in [0.05, 0.1) is 17.1 Å². The van der Waals surface area contributed by atoms with Crippen molar-refractivity contribution in [3.8, 4) is 11.5 Å². The van der Waals surface area contributed by atoms with E-state index in [-0.39, 0.29) is 11.2 Å². The normalized spacial score (nSPS) is 16.4. The summed E-state index contributed by atoms with van der Waals surface area (Å²) in [7, 11) is 0. The summed E-state index contributed by atoms with van der Waals surface area (Å²) >= 11 is 1.30. The molecule has 2 aromatic rings. The zero-order chi connectivity index (χ0) is 14.8. The standard InChI is InChI=1S/C14H17N3O3S/c1-9-11(5-8-19-9)12-15-16-14(20-12)21-10(2)13(18)17-6-3-4-7-17/h5,8,10H,3-4,6-7H2,1-2H3/t10-/m0/s1. The molecule has 3 heterocycles. The third kappa shape index (κ3) is 2.97. The highest BCUT2D eigenvalue weighted by molar-refractivity contribution is 8.00. The summed E-state index contributed by atoms with van der Waals surface area (Å²) in [6.45, 7) is 5.42. The van der Waals surface area contributed by atoms with Crippen molar-refractivity contribution < 1.29 is 13.6 Å². The number of hydrogen-bond acceptors (Lipinski definition) is 6. The summed E-state index contributed by atoms with van der Waals surface area (Å²) in [6.07, 6.45) is 3.77. The predicted octanol–water partition coefficient (Wildman–Crippen LogP) is 2.74. The minimum Gasteiger partial charge on any atom is -0.469 e. The Morgan fingerprint density at radius 2 is 2.14 bits per heavy atom. The number of thioether (sulfide) groups is 1. The van der Waals surface area contributed by atoms with E-state index in [2.05, 4.69) is 10.2 Å². The third-order valence-electron chi connectivity index (χ3n) is 3.54. The van der Waals surface area contributed by atoms with E-state index in [4.69, 9.17) is 8.83 Å². The van der Waals surface area contributed by atoms with E-state index in [1.54, 1.807) is 12.3 Å². The fourth-order valence-corrected chi connectivity index (χ4v) is 3.14. The minimum absolute atomic E-state index is 0.136. The summed E-state index contributed by atoms with van der Waals surface area (Å²) < 4.78 is 10.8. The van der Waals surface area contributed by atoms with Crippen LogP contribution in [0, 0.1) is 6.92 Å². The number of furan rings is 1. The lowest BCUT2D eigenvalue weighted by Gasteiger charge is -2.18. The molecule has 0 spiro atoms. The number of carbonyl (C=O) groups is 1. The number of likely N-dealkylation sites (tertiary alicyclic amines) is 1. The van der Waals surface area contributed by atoms with Crippen molar-refractivity contribution >= 4 is 17.7 Å². The molecule has 0 unspecified atom stereocenters. The smallest absolute Gasteiger partial charge is 0.277 e. The number of rotatable bonds is 4. The van der Waals surface area contributed by atoms with Crippen LogP contribution in [-0.4, -0.2) is 39.3 Å². The second kappa shape index (κ2) is 5.93. The van der Waals surface area contributed by atoms with E-state index < -0.39 is 0 Å². The molecule has 7 heteroatoms. The fraction of sp³-hybridized carbons (Fsp3) is 0.500. The van der Waals surface area contributed by atoms with Gasteiger partial charge >= 0.3 is 0 Å². The maximum absolute atomic E-state index is 12.2. The summed E-state index contributed by atoms with van der Waals surface area (Å²) in [4.78, 5) is 14.1. The summed E-state index contributed by atoms with van der Waals surface area (Å²) in [5, 5.41) is 8.19. The van der Waals surface area contributed by atoms with E-state index in [1.165, 1.54) is 11.8 Å². The molecule has 0 aromatic carbocycles. The molecule has 1 aliphatic heterocycles. The van der Waals surface area contributed by atoms with Crippen molar-refractivity contribution in [3.63, 3.8) is 0 Å². The number of aryl methyl sites for hydroxylation is 1. The Hall–Kier alpha value is -1.76. The Kier molecular flexibility index (Phi) is 4.01. The van der Waals surface area contributed by atoms with Crippen LogP contribution in [0.1, 0.15) is 25.5 Å². The molecule has 21 heavy (non-hydrogen) atoms. The van der Waals surface area contributed by atoms with Crippen molar-refractivity contribution in [2.24, 2.45) is 0 Å². The van der Waals surface area contributed by atoms with Gasteiger partial charge in [0.25, 0.3) is 11.1 Å². The van der Waals surface area contributed by atoms with Crippen LogP contribution in [0.2, 0.25) is 0 Å². The van der Waals surface area contributed by atoms with Gasteiger partial charge in [-0.25, -0.2) is 0 Å². The van der Waals surface area contributed by atoms with Crippen LogP contribution in [-0.2, 0) is 4.79 Å². The Balaban J connectivity index is 1.67. The van der Waals surface area contributed by atoms with Crippen LogP contribution in [0.4, 0.5) is 0 Å². The van der Waals surface area contributed by atoms with Crippen molar-refractivity contribution in [2.45, 2.75) is 37.2 Å². The Labute approximate surface area is 126 Å². The fourth-order valence-electron chi connectivity index (χ4n) is 2.37. The van der Waals surface area contributed by atoms with E-state index in [1.807, 2.05) is 18.7 Å². The lowest BCUT2D eigenvalue weighted by molar-refractivity contribution is -0.129. The first-order chi connectivity index (χ1) is 10.1. The molecule has 6 nitrogen and oxygen atoms in total. The van der Waals surface area contributed by atoms with E-state index >= 15 is 0 Å². The third-order valence-corrected chi connectivity index (χ3v) is 4.46. The first kappa shape index (κ1) is 14.2. The van der Waals surface area contributed by atoms with E-state index in [0.29, 0.717) is 11.1 Å². The Morgan fingerprint density at radius 3 is 2.81 bits per heavy atom. The molecular formula is C14H17N3O3S. The predicted molar refractivity (Wildman–Crippen MR) is 77.9 cm³/mol. The van der Waals surface area contributed by atoms with Crippen LogP contribution in [0.15, 0.2) is 26.4 Å².